The van der Waals surface area contributed by atoms with Gasteiger partial charge in [-0.05, 0) is 31.5 Å². The summed E-state index contributed by atoms with van der Waals surface area (Å²) >= 11 is 5.97. The smallest absolute Gasteiger partial charge is 0.306 e. The van der Waals surface area contributed by atoms with E-state index in [1.807, 2.05) is 13.8 Å². The Bertz CT molecular complexity index is 500. The van der Waals surface area contributed by atoms with Crippen LogP contribution in [0.3, 0.4) is 0 Å². The third kappa shape index (κ3) is 2.31. The topological polar surface area (TPSA) is 66.8 Å². The van der Waals surface area contributed by atoms with Gasteiger partial charge in [0, 0.05) is 17.0 Å². The lowest BCUT2D eigenvalue weighted by molar-refractivity contribution is -0.145. The molecule has 0 unspecified atom stereocenters. The van der Waals surface area contributed by atoms with Crippen molar-refractivity contribution in [2.24, 2.45) is 0 Å². The number of benzene rings is 1. The van der Waals surface area contributed by atoms with Gasteiger partial charge in [0.25, 0.3) is 0 Å². The van der Waals surface area contributed by atoms with E-state index in [0.29, 0.717) is 16.3 Å². The molecule has 1 aromatic carbocycles. The molecule has 0 bridgehead atoms. The van der Waals surface area contributed by atoms with Gasteiger partial charge < -0.3 is 14.9 Å². The van der Waals surface area contributed by atoms with E-state index in [9.17, 15) is 9.90 Å². The van der Waals surface area contributed by atoms with E-state index < -0.39 is 11.6 Å². The molecule has 0 saturated carbocycles. The first-order chi connectivity index (χ1) is 8.32. The first-order valence-electron chi connectivity index (χ1n) is 5.73. The minimum atomic E-state index is -1.42. The molecule has 4 nitrogen and oxygen atoms in total. The van der Waals surface area contributed by atoms with Crippen LogP contribution in [0.1, 0.15) is 30.9 Å². The van der Waals surface area contributed by atoms with E-state index >= 15 is 0 Å². The number of rotatable bonds is 2. The van der Waals surface area contributed by atoms with Crippen LogP contribution in [0.25, 0.3) is 0 Å². The fraction of sp³-hybridized carbons (Fsp3) is 0.462. The molecule has 0 amide bonds. The number of carboxylic acid groups (broad SMARTS) is 1. The number of hydrogen-bond donors (Lipinski definition) is 2. The molecule has 0 spiro atoms. The summed E-state index contributed by atoms with van der Waals surface area (Å²) in [6, 6.07) is 3.32. The molecule has 18 heavy (non-hydrogen) atoms. The van der Waals surface area contributed by atoms with Gasteiger partial charge in [-0.1, -0.05) is 11.6 Å². The van der Waals surface area contributed by atoms with Crippen molar-refractivity contribution in [1.82, 2.24) is 0 Å². The zero-order chi connectivity index (χ0) is 13.5. The van der Waals surface area contributed by atoms with Gasteiger partial charge in [-0.25, -0.2) is 0 Å². The molecule has 2 N–H and O–H groups in total. The maximum Gasteiger partial charge on any atom is 0.306 e. The molecule has 0 saturated heterocycles. The van der Waals surface area contributed by atoms with E-state index in [2.05, 4.69) is 0 Å². The highest BCUT2D eigenvalue weighted by molar-refractivity contribution is 6.30. The number of hydrogen-bond acceptors (Lipinski definition) is 3. The Morgan fingerprint density at radius 3 is 2.89 bits per heavy atom. The highest BCUT2D eigenvalue weighted by atomic mass is 35.5. The molecule has 0 aromatic heterocycles. The number of aryl methyl sites for hydroxylation is 1. The second kappa shape index (κ2) is 4.44. The average Bonchev–Trinajstić information content (AvgIpc) is 2.18. The molecular weight excluding hydrogens is 256 g/mol. The molecule has 0 radical (unpaired) electrons. The molecule has 0 fully saturated rings. The van der Waals surface area contributed by atoms with E-state index in [4.69, 9.17) is 21.4 Å². The summed E-state index contributed by atoms with van der Waals surface area (Å²) < 4.78 is 5.68. The highest BCUT2D eigenvalue weighted by Gasteiger charge is 2.41. The van der Waals surface area contributed by atoms with Gasteiger partial charge in [0.2, 0.25) is 0 Å². The third-order valence-corrected chi connectivity index (χ3v) is 3.35. The van der Waals surface area contributed by atoms with Crippen LogP contribution in [0.2, 0.25) is 5.02 Å². The minimum Gasteiger partial charge on any atom is -0.490 e. The van der Waals surface area contributed by atoms with Gasteiger partial charge in [0.15, 0.2) is 0 Å². The largest absolute Gasteiger partial charge is 0.490 e. The van der Waals surface area contributed by atoms with Crippen molar-refractivity contribution >= 4 is 17.6 Å². The number of ether oxygens (including phenoxy) is 1. The molecule has 2 atom stereocenters. The molecule has 1 heterocycles. The first-order valence-corrected chi connectivity index (χ1v) is 6.11. The standard InChI is InChI=1S/C13H15ClO4/c1-7-3-9(14)4-10-12(7)18-8(2)5-13(10,17)6-11(15)16/h3-4,8,17H,5-6H2,1-2H3,(H,15,16)/t8-,13-/m1/s1. The lowest BCUT2D eigenvalue weighted by atomic mass is 9.82. The van der Waals surface area contributed by atoms with Gasteiger partial charge in [0.05, 0.1) is 12.5 Å². The fourth-order valence-corrected chi connectivity index (χ4v) is 2.75. The van der Waals surface area contributed by atoms with Crippen molar-refractivity contribution in [2.75, 3.05) is 0 Å². The zero-order valence-electron chi connectivity index (χ0n) is 10.2. The van der Waals surface area contributed by atoms with E-state index in [1.54, 1.807) is 12.1 Å². The van der Waals surface area contributed by atoms with Crippen LogP contribution in [0.5, 0.6) is 5.75 Å². The van der Waals surface area contributed by atoms with Crippen molar-refractivity contribution < 1.29 is 19.7 Å². The number of carboxylic acids is 1. The maximum absolute atomic E-state index is 10.9. The molecular formula is C13H15ClO4. The Morgan fingerprint density at radius 1 is 1.61 bits per heavy atom. The van der Waals surface area contributed by atoms with Crippen molar-refractivity contribution in [2.45, 2.75) is 38.4 Å². The van der Waals surface area contributed by atoms with Gasteiger partial charge in [-0.2, -0.15) is 0 Å². The predicted molar refractivity (Wildman–Crippen MR) is 67.0 cm³/mol. The summed E-state index contributed by atoms with van der Waals surface area (Å²) in [5.41, 5.74) is -0.157. The maximum atomic E-state index is 10.9. The van der Waals surface area contributed by atoms with Crippen molar-refractivity contribution in [3.05, 3.63) is 28.3 Å². The summed E-state index contributed by atoms with van der Waals surface area (Å²) in [4.78, 5) is 10.9. The van der Waals surface area contributed by atoms with Gasteiger partial charge in [-0.15, -0.1) is 0 Å². The monoisotopic (exact) mass is 270 g/mol. The van der Waals surface area contributed by atoms with Crippen LogP contribution in [-0.4, -0.2) is 22.3 Å². The Balaban J connectivity index is 2.57. The van der Waals surface area contributed by atoms with E-state index in [-0.39, 0.29) is 18.9 Å². The summed E-state index contributed by atoms with van der Waals surface area (Å²) in [5.74, 6) is -0.503. The molecule has 1 aromatic rings. The summed E-state index contributed by atoms with van der Waals surface area (Å²) in [6.07, 6.45) is -0.346. The SMILES string of the molecule is Cc1cc(Cl)cc2c1O[C@H](C)C[C@@]2(O)CC(=O)O. The van der Waals surface area contributed by atoms with E-state index in [1.165, 1.54) is 0 Å². The Kier molecular flexibility index (Phi) is 3.25. The number of aliphatic carboxylic acids is 1. The second-order valence-corrected chi connectivity index (χ2v) is 5.27. The van der Waals surface area contributed by atoms with Gasteiger partial charge in [0.1, 0.15) is 11.4 Å². The third-order valence-electron chi connectivity index (χ3n) is 3.13. The average molecular weight is 271 g/mol. The Hall–Kier alpha value is -1.26. The van der Waals surface area contributed by atoms with Gasteiger partial charge in [-0.3, -0.25) is 4.79 Å². The summed E-state index contributed by atoms with van der Waals surface area (Å²) in [5, 5.41) is 20.0. The zero-order valence-corrected chi connectivity index (χ0v) is 11.0. The van der Waals surface area contributed by atoms with Crippen LogP contribution in [0.4, 0.5) is 0 Å². The minimum absolute atomic E-state index is 0.235. The summed E-state index contributed by atoms with van der Waals surface area (Å²) in [6.45, 7) is 3.63. The van der Waals surface area contributed by atoms with Crippen LogP contribution in [0.15, 0.2) is 12.1 Å². The number of fused-ring (bicyclic) bond motifs is 1. The fourth-order valence-electron chi connectivity index (χ4n) is 2.48. The van der Waals surface area contributed by atoms with Gasteiger partial charge >= 0.3 is 5.97 Å². The first kappa shape index (κ1) is 13.2. The van der Waals surface area contributed by atoms with Crippen LogP contribution in [0, 0.1) is 6.92 Å². The van der Waals surface area contributed by atoms with E-state index in [0.717, 1.165) is 5.56 Å². The molecule has 0 aliphatic carbocycles. The molecule has 98 valence electrons. The molecule has 2 rings (SSSR count). The van der Waals surface area contributed by atoms with Crippen LogP contribution < -0.4 is 4.74 Å². The summed E-state index contributed by atoms with van der Waals surface area (Å²) in [7, 11) is 0. The normalized spacial score (nSPS) is 26.3. The highest BCUT2D eigenvalue weighted by Crippen LogP contribution is 2.44. The molecule has 1 aliphatic heterocycles. The Labute approximate surface area is 110 Å². The van der Waals surface area contributed by atoms with Crippen LogP contribution in [-0.2, 0) is 10.4 Å². The second-order valence-electron chi connectivity index (χ2n) is 4.83. The number of aliphatic hydroxyl groups is 1. The van der Waals surface area contributed by atoms with Crippen molar-refractivity contribution in [1.29, 1.82) is 0 Å². The van der Waals surface area contributed by atoms with Crippen LogP contribution >= 0.6 is 11.6 Å². The van der Waals surface area contributed by atoms with Crippen molar-refractivity contribution in [3.63, 3.8) is 0 Å². The number of carbonyl (C=O) groups is 1. The predicted octanol–water partition coefficient (Wildman–Crippen LogP) is 2.48. The molecule has 1 aliphatic rings. The number of halogens is 1. The lowest BCUT2D eigenvalue weighted by Gasteiger charge is -2.37. The molecule has 5 heteroatoms. The van der Waals surface area contributed by atoms with Crippen molar-refractivity contribution in [3.8, 4) is 5.75 Å². The Morgan fingerprint density at radius 2 is 2.28 bits per heavy atom. The lowest BCUT2D eigenvalue weighted by Crippen LogP contribution is -2.39. The quantitative estimate of drug-likeness (QED) is 0.866.